The van der Waals surface area contributed by atoms with Crippen LogP contribution in [0.2, 0.25) is 0 Å². The Morgan fingerprint density at radius 2 is 1.93 bits per heavy atom. The number of fused-ring (bicyclic) bond motifs is 1. The molecule has 2 aromatic carbocycles. The van der Waals surface area contributed by atoms with Crippen LogP contribution in [0.15, 0.2) is 60.9 Å². The van der Waals surface area contributed by atoms with E-state index in [4.69, 9.17) is 9.72 Å². The summed E-state index contributed by atoms with van der Waals surface area (Å²) in [6.07, 6.45) is 7.40. The van der Waals surface area contributed by atoms with Crippen molar-refractivity contribution in [1.82, 2.24) is 14.4 Å². The molecule has 6 heteroatoms. The number of aromatic nitrogens is 3. The Morgan fingerprint density at radius 3 is 2.62 bits per heavy atom. The van der Waals surface area contributed by atoms with Gasteiger partial charge < -0.3 is 10.1 Å². The van der Waals surface area contributed by atoms with Gasteiger partial charge in [0, 0.05) is 37.0 Å². The minimum atomic E-state index is -0.320. The molecule has 2 aromatic heterocycles. The predicted octanol–water partition coefficient (Wildman–Crippen LogP) is 5.64. The van der Waals surface area contributed by atoms with Crippen molar-refractivity contribution in [3.05, 3.63) is 72.6 Å². The second kappa shape index (κ2) is 7.20. The molecular weight excluding hydrogens is 367 g/mol. The molecule has 146 valence electrons. The van der Waals surface area contributed by atoms with Crippen LogP contribution < -0.4 is 10.1 Å². The zero-order valence-electron chi connectivity index (χ0n) is 16.1. The quantitative estimate of drug-likeness (QED) is 0.481. The number of halogens is 1. The highest BCUT2D eigenvalue weighted by molar-refractivity contribution is 5.86. The average molecular weight is 388 g/mol. The molecule has 5 rings (SSSR count). The summed E-state index contributed by atoms with van der Waals surface area (Å²) in [6.45, 7) is 0. The lowest BCUT2D eigenvalue weighted by Gasteiger charge is -2.23. The largest absolute Gasteiger partial charge is 0.457 e. The summed E-state index contributed by atoms with van der Waals surface area (Å²) in [5.41, 5.74) is 2.88. The summed E-state index contributed by atoms with van der Waals surface area (Å²) in [5, 5.41) is 3.19. The van der Waals surface area contributed by atoms with Crippen LogP contribution in [0, 0.1) is 5.82 Å². The van der Waals surface area contributed by atoms with Crippen molar-refractivity contribution in [2.24, 2.45) is 0 Å². The van der Waals surface area contributed by atoms with E-state index in [-0.39, 0.29) is 5.82 Å². The Kier molecular flexibility index (Phi) is 4.39. The van der Waals surface area contributed by atoms with Crippen LogP contribution in [-0.4, -0.2) is 21.4 Å². The fourth-order valence-corrected chi connectivity index (χ4v) is 3.75. The van der Waals surface area contributed by atoms with Crippen molar-refractivity contribution in [2.45, 2.75) is 25.2 Å². The minimum absolute atomic E-state index is 0.320. The molecule has 1 fully saturated rings. The van der Waals surface area contributed by atoms with Gasteiger partial charge in [-0.15, -0.1) is 0 Å². The van der Waals surface area contributed by atoms with Crippen LogP contribution in [0.3, 0.4) is 0 Å². The first-order valence-electron chi connectivity index (χ1n) is 9.81. The normalized spacial score (nSPS) is 14.0. The van der Waals surface area contributed by atoms with Crippen molar-refractivity contribution >= 4 is 11.3 Å². The van der Waals surface area contributed by atoms with E-state index in [1.165, 1.54) is 31.4 Å². The van der Waals surface area contributed by atoms with Crippen molar-refractivity contribution in [3.63, 3.8) is 0 Å². The first kappa shape index (κ1) is 17.7. The van der Waals surface area contributed by atoms with Gasteiger partial charge >= 0.3 is 0 Å². The minimum Gasteiger partial charge on any atom is -0.457 e. The maximum absolute atomic E-state index is 13.4. The molecule has 0 saturated heterocycles. The Bertz CT molecular complexity index is 1170. The molecule has 0 unspecified atom stereocenters. The topological polar surface area (TPSA) is 51.5 Å². The van der Waals surface area contributed by atoms with Crippen LogP contribution in [0.25, 0.3) is 16.8 Å². The summed E-state index contributed by atoms with van der Waals surface area (Å²) in [4.78, 5) is 9.49. The molecule has 0 radical (unpaired) electrons. The molecule has 0 aliphatic heterocycles. The van der Waals surface area contributed by atoms with E-state index < -0.39 is 0 Å². The van der Waals surface area contributed by atoms with Gasteiger partial charge in [-0.1, -0.05) is 12.5 Å². The number of benzene rings is 2. The Balaban J connectivity index is 1.53. The number of ether oxygens (including phenoxy) is 1. The standard InChI is InChI=1S/C23H21FN4O/c1-25-22-21-20(27-23(16-4-2-5-16)28(21)13-12-26-22)15-8-10-18(11-9-15)29-19-7-3-6-17(24)14-19/h3,6-14,16H,2,4-5H2,1H3,(H,25,26). The summed E-state index contributed by atoms with van der Waals surface area (Å²) in [7, 11) is 1.87. The third-order valence-electron chi connectivity index (χ3n) is 5.45. The van der Waals surface area contributed by atoms with Gasteiger partial charge in [0.25, 0.3) is 0 Å². The summed E-state index contributed by atoms with van der Waals surface area (Å²) >= 11 is 0. The fraction of sp³-hybridized carbons (Fsp3) is 0.217. The van der Waals surface area contributed by atoms with E-state index in [0.717, 1.165) is 28.4 Å². The van der Waals surface area contributed by atoms with Crippen LogP contribution in [0.4, 0.5) is 10.2 Å². The molecule has 1 saturated carbocycles. The van der Waals surface area contributed by atoms with Crippen LogP contribution in [-0.2, 0) is 0 Å². The average Bonchev–Trinajstić information content (AvgIpc) is 3.07. The number of nitrogens with zero attached hydrogens (tertiary/aromatic N) is 3. The monoisotopic (exact) mass is 388 g/mol. The Labute approximate surface area is 168 Å². The van der Waals surface area contributed by atoms with Gasteiger partial charge in [-0.25, -0.2) is 14.4 Å². The lowest BCUT2D eigenvalue weighted by atomic mass is 9.85. The number of imidazole rings is 1. The molecule has 0 atom stereocenters. The van der Waals surface area contributed by atoms with E-state index in [2.05, 4.69) is 14.7 Å². The molecule has 5 nitrogen and oxygen atoms in total. The highest BCUT2D eigenvalue weighted by Crippen LogP contribution is 2.39. The first-order valence-corrected chi connectivity index (χ1v) is 9.81. The summed E-state index contributed by atoms with van der Waals surface area (Å²) < 4.78 is 21.3. The highest BCUT2D eigenvalue weighted by Gasteiger charge is 2.27. The van der Waals surface area contributed by atoms with Crippen LogP contribution >= 0.6 is 0 Å². The SMILES string of the molecule is CNc1nccn2c(C3CCC3)nc(-c3ccc(Oc4cccc(F)c4)cc3)c12. The van der Waals surface area contributed by atoms with Crippen molar-refractivity contribution in [3.8, 4) is 22.8 Å². The molecule has 1 aliphatic rings. The van der Waals surface area contributed by atoms with Gasteiger partial charge in [-0.3, -0.25) is 4.40 Å². The zero-order valence-corrected chi connectivity index (χ0v) is 16.1. The summed E-state index contributed by atoms with van der Waals surface area (Å²) in [5.74, 6) is 3.20. The second-order valence-corrected chi connectivity index (χ2v) is 7.27. The molecule has 0 spiro atoms. The van der Waals surface area contributed by atoms with Crippen LogP contribution in [0.1, 0.15) is 31.0 Å². The van der Waals surface area contributed by atoms with E-state index in [1.54, 1.807) is 12.1 Å². The zero-order chi connectivity index (χ0) is 19.8. The van der Waals surface area contributed by atoms with Gasteiger partial charge in [0.05, 0.1) is 0 Å². The Hall–Kier alpha value is -3.41. The maximum Gasteiger partial charge on any atom is 0.152 e. The van der Waals surface area contributed by atoms with Gasteiger partial charge in [0.2, 0.25) is 0 Å². The van der Waals surface area contributed by atoms with Crippen LogP contribution in [0.5, 0.6) is 11.5 Å². The summed E-state index contributed by atoms with van der Waals surface area (Å²) in [6, 6.07) is 13.8. The number of hydrogen-bond acceptors (Lipinski definition) is 4. The molecule has 1 N–H and O–H groups in total. The van der Waals surface area contributed by atoms with Crippen molar-refractivity contribution in [1.29, 1.82) is 0 Å². The molecule has 2 heterocycles. The number of nitrogens with one attached hydrogen (secondary N) is 1. The second-order valence-electron chi connectivity index (χ2n) is 7.27. The molecule has 0 amide bonds. The lowest BCUT2D eigenvalue weighted by Crippen LogP contribution is -2.12. The van der Waals surface area contributed by atoms with Crippen molar-refractivity contribution in [2.75, 3.05) is 12.4 Å². The third-order valence-corrected chi connectivity index (χ3v) is 5.45. The molecular formula is C23H21FN4O. The number of anilines is 1. The van der Waals surface area contributed by atoms with Crippen molar-refractivity contribution < 1.29 is 9.13 Å². The molecule has 1 aliphatic carbocycles. The lowest BCUT2D eigenvalue weighted by molar-refractivity contribution is 0.400. The van der Waals surface area contributed by atoms with Gasteiger partial charge in [-0.05, 0) is 49.2 Å². The third kappa shape index (κ3) is 3.20. The van der Waals surface area contributed by atoms with Gasteiger partial charge in [-0.2, -0.15) is 0 Å². The van der Waals surface area contributed by atoms with E-state index >= 15 is 0 Å². The molecule has 29 heavy (non-hydrogen) atoms. The molecule has 4 aromatic rings. The Morgan fingerprint density at radius 1 is 1.10 bits per heavy atom. The van der Waals surface area contributed by atoms with E-state index in [0.29, 0.717) is 17.4 Å². The number of rotatable bonds is 5. The fourth-order valence-electron chi connectivity index (χ4n) is 3.75. The van der Waals surface area contributed by atoms with E-state index in [1.807, 2.05) is 43.7 Å². The van der Waals surface area contributed by atoms with Gasteiger partial charge in [0.15, 0.2) is 5.82 Å². The first-order chi connectivity index (χ1) is 14.2. The van der Waals surface area contributed by atoms with Gasteiger partial charge in [0.1, 0.15) is 34.4 Å². The number of hydrogen-bond donors (Lipinski definition) is 1. The predicted molar refractivity (Wildman–Crippen MR) is 111 cm³/mol. The maximum atomic E-state index is 13.4. The molecule has 0 bridgehead atoms. The van der Waals surface area contributed by atoms with E-state index in [9.17, 15) is 4.39 Å². The highest BCUT2D eigenvalue weighted by atomic mass is 19.1. The smallest absolute Gasteiger partial charge is 0.152 e.